The number of rotatable bonds is 10. The zero-order valence-corrected chi connectivity index (χ0v) is 20.9. The number of nitrogens with one attached hydrogen (secondary N) is 1. The SMILES string of the molecule is CCOc1cc(/C=N/NC(=O)[C@H]2CC(=O)N(c3ccc(CC)cc3)C2)ccc1OCc1ccc(F)cc1. The molecule has 0 radical (unpaired) electrons. The highest BCUT2D eigenvalue weighted by Gasteiger charge is 2.35. The van der Waals surface area contributed by atoms with Crippen LogP contribution in [0, 0.1) is 11.7 Å². The third-order valence-electron chi connectivity index (χ3n) is 6.12. The van der Waals surface area contributed by atoms with Crippen LogP contribution in [-0.4, -0.2) is 31.2 Å². The molecule has 1 aliphatic rings. The van der Waals surface area contributed by atoms with Gasteiger partial charge in [-0.25, -0.2) is 9.82 Å². The molecule has 192 valence electrons. The fourth-order valence-electron chi connectivity index (χ4n) is 4.04. The Kier molecular flexibility index (Phi) is 8.51. The number of hydrogen-bond acceptors (Lipinski definition) is 5. The number of hydrazone groups is 1. The second kappa shape index (κ2) is 12.2. The molecule has 0 saturated carbocycles. The summed E-state index contributed by atoms with van der Waals surface area (Å²) in [6.45, 7) is 4.98. The summed E-state index contributed by atoms with van der Waals surface area (Å²) >= 11 is 0. The van der Waals surface area contributed by atoms with E-state index in [9.17, 15) is 14.0 Å². The van der Waals surface area contributed by atoms with Gasteiger partial charge in [-0.2, -0.15) is 5.10 Å². The number of hydrogen-bond donors (Lipinski definition) is 1. The molecule has 0 unspecified atom stereocenters. The van der Waals surface area contributed by atoms with Crippen molar-refractivity contribution in [3.63, 3.8) is 0 Å². The first-order valence-electron chi connectivity index (χ1n) is 12.3. The second-order valence-electron chi connectivity index (χ2n) is 8.71. The first kappa shape index (κ1) is 25.9. The van der Waals surface area contributed by atoms with Gasteiger partial charge in [-0.1, -0.05) is 31.2 Å². The van der Waals surface area contributed by atoms with Crippen LogP contribution in [-0.2, 0) is 22.6 Å². The highest BCUT2D eigenvalue weighted by molar-refractivity contribution is 6.00. The van der Waals surface area contributed by atoms with Crippen LogP contribution >= 0.6 is 0 Å². The van der Waals surface area contributed by atoms with Crippen LogP contribution in [0.2, 0.25) is 0 Å². The number of nitrogens with zero attached hydrogens (tertiary/aromatic N) is 2. The molecule has 2 amide bonds. The Morgan fingerprint density at radius 2 is 1.76 bits per heavy atom. The molecule has 0 aromatic heterocycles. The maximum atomic E-state index is 13.1. The molecule has 3 aromatic rings. The summed E-state index contributed by atoms with van der Waals surface area (Å²) in [5.41, 5.74) is 6.08. The van der Waals surface area contributed by atoms with Gasteiger partial charge in [0.1, 0.15) is 12.4 Å². The summed E-state index contributed by atoms with van der Waals surface area (Å²) in [6, 6.07) is 19.2. The van der Waals surface area contributed by atoms with Gasteiger partial charge < -0.3 is 14.4 Å². The molecular formula is C29H30FN3O4. The van der Waals surface area contributed by atoms with Crippen molar-refractivity contribution in [3.05, 3.63) is 89.2 Å². The molecule has 1 aliphatic heterocycles. The number of aryl methyl sites for hydroxylation is 1. The van der Waals surface area contributed by atoms with Crippen molar-refractivity contribution in [2.24, 2.45) is 11.0 Å². The summed E-state index contributed by atoms with van der Waals surface area (Å²) in [6.07, 6.45) is 2.59. The number of halogens is 1. The molecule has 1 fully saturated rings. The third-order valence-corrected chi connectivity index (χ3v) is 6.12. The van der Waals surface area contributed by atoms with Crippen LogP contribution in [0.1, 0.15) is 37.0 Å². The molecule has 3 aromatic carbocycles. The molecule has 4 rings (SSSR count). The lowest BCUT2D eigenvalue weighted by Crippen LogP contribution is -2.30. The van der Waals surface area contributed by atoms with Crippen LogP contribution in [0.25, 0.3) is 0 Å². The number of anilines is 1. The average molecular weight is 504 g/mol. The largest absolute Gasteiger partial charge is 0.490 e. The number of amides is 2. The Hall–Kier alpha value is -4.20. The standard InChI is InChI=1S/C29H30FN3O4/c1-3-20-7-12-25(13-8-20)33-18-23(16-28(33)34)29(35)32-31-17-22-9-14-26(27(15-22)36-4-2)37-19-21-5-10-24(30)11-6-21/h5-15,17,23H,3-4,16,18-19H2,1-2H3,(H,32,35)/b31-17+/t23-/m0/s1. The highest BCUT2D eigenvalue weighted by atomic mass is 19.1. The normalized spacial score (nSPS) is 15.3. The van der Waals surface area contributed by atoms with Gasteiger partial charge in [0, 0.05) is 18.7 Å². The fourth-order valence-corrected chi connectivity index (χ4v) is 4.04. The summed E-state index contributed by atoms with van der Waals surface area (Å²) in [5, 5.41) is 4.08. The van der Waals surface area contributed by atoms with Gasteiger partial charge in [0.15, 0.2) is 11.5 Å². The van der Waals surface area contributed by atoms with E-state index in [2.05, 4.69) is 17.5 Å². The second-order valence-corrected chi connectivity index (χ2v) is 8.71. The van der Waals surface area contributed by atoms with Gasteiger partial charge in [-0.15, -0.1) is 0 Å². The molecule has 1 atom stereocenters. The maximum Gasteiger partial charge on any atom is 0.245 e. The Balaban J connectivity index is 1.34. The van der Waals surface area contributed by atoms with Gasteiger partial charge in [-0.05, 0) is 72.5 Å². The predicted octanol–water partition coefficient (Wildman–Crippen LogP) is 4.87. The zero-order chi connectivity index (χ0) is 26.2. The fraction of sp³-hybridized carbons (Fsp3) is 0.276. The van der Waals surface area contributed by atoms with Crippen LogP contribution in [0.15, 0.2) is 71.8 Å². The smallest absolute Gasteiger partial charge is 0.245 e. The molecule has 0 bridgehead atoms. The van der Waals surface area contributed by atoms with Crippen molar-refractivity contribution in [1.82, 2.24) is 5.43 Å². The Bertz CT molecular complexity index is 1260. The molecule has 1 heterocycles. The summed E-state index contributed by atoms with van der Waals surface area (Å²) in [4.78, 5) is 26.8. The van der Waals surface area contributed by atoms with Gasteiger partial charge in [0.2, 0.25) is 11.8 Å². The third kappa shape index (κ3) is 6.73. The van der Waals surface area contributed by atoms with Crippen molar-refractivity contribution in [3.8, 4) is 11.5 Å². The summed E-state index contributed by atoms with van der Waals surface area (Å²) < 4.78 is 24.7. The molecule has 1 N–H and O–H groups in total. The van der Waals surface area contributed by atoms with E-state index in [4.69, 9.17) is 9.47 Å². The lowest BCUT2D eigenvalue weighted by atomic mass is 10.1. The molecule has 0 spiro atoms. The van der Waals surface area contributed by atoms with E-state index in [1.165, 1.54) is 23.9 Å². The van der Waals surface area contributed by atoms with E-state index in [1.807, 2.05) is 31.2 Å². The van der Waals surface area contributed by atoms with Gasteiger partial charge >= 0.3 is 0 Å². The lowest BCUT2D eigenvalue weighted by molar-refractivity contribution is -0.126. The molecule has 7 nitrogen and oxygen atoms in total. The summed E-state index contributed by atoms with van der Waals surface area (Å²) in [7, 11) is 0. The number of benzene rings is 3. The van der Waals surface area contributed by atoms with Crippen LogP contribution in [0.3, 0.4) is 0 Å². The van der Waals surface area contributed by atoms with Crippen molar-refractivity contribution in [2.75, 3.05) is 18.1 Å². The van der Waals surface area contributed by atoms with Crippen LogP contribution in [0.5, 0.6) is 11.5 Å². The number of carbonyl (C=O) groups excluding carboxylic acids is 2. The highest BCUT2D eigenvalue weighted by Crippen LogP contribution is 2.29. The molecular weight excluding hydrogens is 473 g/mol. The van der Waals surface area contributed by atoms with Crippen molar-refractivity contribution in [1.29, 1.82) is 0 Å². The first-order chi connectivity index (χ1) is 18.0. The van der Waals surface area contributed by atoms with Gasteiger partial charge in [0.25, 0.3) is 0 Å². The monoisotopic (exact) mass is 503 g/mol. The minimum atomic E-state index is -0.475. The molecule has 0 aliphatic carbocycles. The van der Waals surface area contributed by atoms with E-state index in [-0.39, 0.29) is 30.7 Å². The van der Waals surface area contributed by atoms with Crippen LogP contribution in [0.4, 0.5) is 10.1 Å². The maximum absolute atomic E-state index is 13.1. The van der Waals surface area contributed by atoms with Crippen molar-refractivity contribution < 1.29 is 23.5 Å². The molecule has 1 saturated heterocycles. The van der Waals surface area contributed by atoms with E-state index in [1.54, 1.807) is 35.2 Å². The Morgan fingerprint density at radius 1 is 1.03 bits per heavy atom. The van der Waals surface area contributed by atoms with Gasteiger partial charge in [-0.3, -0.25) is 9.59 Å². The quantitative estimate of drug-likeness (QED) is 0.316. The first-order valence-corrected chi connectivity index (χ1v) is 12.3. The topological polar surface area (TPSA) is 80.2 Å². The minimum absolute atomic E-state index is 0.0778. The van der Waals surface area contributed by atoms with Gasteiger partial charge in [0.05, 0.1) is 18.7 Å². The van der Waals surface area contributed by atoms with Crippen LogP contribution < -0.4 is 19.8 Å². The minimum Gasteiger partial charge on any atom is -0.490 e. The van der Waals surface area contributed by atoms with E-state index < -0.39 is 5.92 Å². The van der Waals surface area contributed by atoms with E-state index >= 15 is 0 Å². The molecule has 8 heteroatoms. The predicted molar refractivity (Wildman–Crippen MR) is 140 cm³/mol. The summed E-state index contributed by atoms with van der Waals surface area (Å²) in [5.74, 6) is -0.0767. The molecule has 37 heavy (non-hydrogen) atoms. The van der Waals surface area contributed by atoms with Crippen molar-refractivity contribution in [2.45, 2.75) is 33.3 Å². The zero-order valence-electron chi connectivity index (χ0n) is 20.9. The van der Waals surface area contributed by atoms with E-state index in [0.29, 0.717) is 30.2 Å². The number of ether oxygens (including phenoxy) is 2. The van der Waals surface area contributed by atoms with Crippen molar-refractivity contribution >= 4 is 23.7 Å². The Morgan fingerprint density at radius 3 is 2.46 bits per heavy atom. The number of carbonyl (C=O) groups is 2. The van der Waals surface area contributed by atoms with E-state index in [0.717, 1.165) is 17.7 Å². The Labute approximate surface area is 215 Å². The lowest BCUT2D eigenvalue weighted by Gasteiger charge is -2.16. The average Bonchev–Trinajstić information content (AvgIpc) is 3.31.